The van der Waals surface area contributed by atoms with Crippen molar-refractivity contribution in [2.24, 2.45) is 5.73 Å². The number of hydrogen-bond donors (Lipinski definition) is 1. The molecule has 0 spiro atoms. The van der Waals surface area contributed by atoms with E-state index in [0.717, 1.165) is 5.56 Å². The molecule has 5 heteroatoms. The van der Waals surface area contributed by atoms with Gasteiger partial charge in [0.05, 0.1) is 4.90 Å². The Morgan fingerprint density at radius 1 is 1.41 bits per heavy atom. The summed E-state index contributed by atoms with van der Waals surface area (Å²) in [5.74, 6) is 0. The van der Waals surface area contributed by atoms with Gasteiger partial charge in [-0.25, -0.2) is 12.7 Å². The Morgan fingerprint density at radius 2 is 2.06 bits per heavy atom. The highest BCUT2D eigenvalue weighted by Gasteiger charge is 2.20. The molecule has 4 nitrogen and oxygen atoms in total. The van der Waals surface area contributed by atoms with Gasteiger partial charge in [0.25, 0.3) is 0 Å². The molecule has 1 rings (SSSR count). The highest BCUT2D eigenvalue weighted by atomic mass is 32.2. The van der Waals surface area contributed by atoms with Crippen molar-refractivity contribution >= 4 is 10.0 Å². The van der Waals surface area contributed by atoms with Gasteiger partial charge in [-0.3, -0.25) is 0 Å². The summed E-state index contributed by atoms with van der Waals surface area (Å²) in [5.41, 5.74) is 6.56. The molecular formula is C12H20N2O2S. The average molecular weight is 256 g/mol. The van der Waals surface area contributed by atoms with Crippen molar-refractivity contribution in [2.75, 3.05) is 13.6 Å². The first-order chi connectivity index (χ1) is 7.84. The number of nitrogens with zero attached hydrogens (tertiary/aromatic N) is 1. The summed E-state index contributed by atoms with van der Waals surface area (Å²) >= 11 is 0. The molecular weight excluding hydrogens is 236 g/mol. The van der Waals surface area contributed by atoms with E-state index < -0.39 is 10.0 Å². The molecule has 1 aromatic rings. The van der Waals surface area contributed by atoms with Crippen LogP contribution in [0.25, 0.3) is 0 Å². The van der Waals surface area contributed by atoms with Gasteiger partial charge in [-0.2, -0.15) is 0 Å². The summed E-state index contributed by atoms with van der Waals surface area (Å²) in [7, 11) is -1.80. The predicted molar refractivity (Wildman–Crippen MR) is 69.3 cm³/mol. The van der Waals surface area contributed by atoms with Crippen molar-refractivity contribution in [3.8, 4) is 0 Å². The van der Waals surface area contributed by atoms with Crippen LogP contribution in [-0.4, -0.2) is 32.4 Å². The first kappa shape index (κ1) is 14.2. The van der Waals surface area contributed by atoms with E-state index in [4.69, 9.17) is 5.73 Å². The Balaban J connectivity index is 2.88. The summed E-state index contributed by atoms with van der Waals surface area (Å²) in [4.78, 5) is 0.338. The molecule has 0 aliphatic heterocycles. The van der Waals surface area contributed by atoms with Crippen molar-refractivity contribution in [3.63, 3.8) is 0 Å². The van der Waals surface area contributed by atoms with Crippen LogP contribution in [0.4, 0.5) is 0 Å². The topological polar surface area (TPSA) is 63.4 Å². The third-order valence-electron chi connectivity index (χ3n) is 2.60. The van der Waals surface area contributed by atoms with E-state index in [1.165, 1.54) is 4.31 Å². The first-order valence-electron chi connectivity index (χ1n) is 5.62. The van der Waals surface area contributed by atoms with Crippen molar-refractivity contribution in [2.45, 2.75) is 31.2 Å². The van der Waals surface area contributed by atoms with Crippen LogP contribution in [0.15, 0.2) is 29.2 Å². The van der Waals surface area contributed by atoms with Crippen molar-refractivity contribution in [1.82, 2.24) is 4.31 Å². The second-order valence-electron chi connectivity index (χ2n) is 4.41. The van der Waals surface area contributed by atoms with Gasteiger partial charge in [0.1, 0.15) is 0 Å². The summed E-state index contributed by atoms with van der Waals surface area (Å²) in [6.45, 7) is 4.18. The zero-order valence-corrected chi connectivity index (χ0v) is 11.4. The minimum Gasteiger partial charge on any atom is -0.328 e. The maximum Gasteiger partial charge on any atom is 0.242 e. The normalized spacial score (nSPS) is 13.9. The van der Waals surface area contributed by atoms with Crippen molar-refractivity contribution in [3.05, 3.63) is 29.8 Å². The third-order valence-corrected chi connectivity index (χ3v) is 4.45. The standard InChI is InChI=1S/C12H20N2O2S/c1-10-5-4-6-12(9-10)17(15,16)14(3)8-7-11(2)13/h4-6,9,11H,7-8,13H2,1-3H3. The predicted octanol–water partition coefficient (Wildman–Crippen LogP) is 1.35. The highest BCUT2D eigenvalue weighted by Crippen LogP contribution is 2.15. The third kappa shape index (κ3) is 3.80. The summed E-state index contributed by atoms with van der Waals surface area (Å²) in [6, 6.07) is 6.93. The number of rotatable bonds is 5. The van der Waals surface area contributed by atoms with Gasteiger partial charge in [-0.1, -0.05) is 12.1 Å². The van der Waals surface area contributed by atoms with Gasteiger partial charge in [-0.05, 0) is 38.0 Å². The average Bonchev–Trinajstić information content (AvgIpc) is 2.25. The molecule has 0 saturated carbocycles. The molecule has 0 fully saturated rings. The van der Waals surface area contributed by atoms with Crippen molar-refractivity contribution < 1.29 is 8.42 Å². The van der Waals surface area contributed by atoms with Crippen LogP contribution in [0, 0.1) is 6.92 Å². The zero-order valence-electron chi connectivity index (χ0n) is 10.6. The number of sulfonamides is 1. The fraction of sp³-hybridized carbons (Fsp3) is 0.500. The van der Waals surface area contributed by atoms with Crippen LogP contribution in [0.2, 0.25) is 0 Å². The molecule has 0 saturated heterocycles. The van der Waals surface area contributed by atoms with Crippen LogP contribution in [-0.2, 0) is 10.0 Å². The fourth-order valence-electron chi connectivity index (χ4n) is 1.46. The molecule has 1 atom stereocenters. The molecule has 1 aromatic carbocycles. The van der Waals surface area contributed by atoms with E-state index in [0.29, 0.717) is 17.9 Å². The van der Waals surface area contributed by atoms with Gasteiger partial charge in [0, 0.05) is 19.6 Å². The summed E-state index contributed by atoms with van der Waals surface area (Å²) in [6.07, 6.45) is 0.654. The van der Waals surface area contributed by atoms with E-state index in [1.54, 1.807) is 25.2 Å². The smallest absolute Gasteiger partial charge is 0.242 e. The lowest BCUT2D eigenvalue weighted by atomic mass is 10.2. The quantitative estimate of drug-likeness (QED) is 0.865. The van der Waals surface area contributed by atoms with E-state index in [9.17, 15) is 8.42 Å². The van der Waals surface area contributed by atoms with Crippen LogP contribution in [0.3, 0.4) is 0 Å². The van der Waals surface area contributed by atoms with Crippen LogP contribution in [0.1, 0.15) is 18.9 Å². The van der Waals surface area contributed by atoms with Crippen LogP contribution in [0.5, 0.6) is 0 Å². The van der Waals surface area contributed by atoms with E-state index in [-0.39, 0.29) is 6.04 Å². The number of benzene rings is 1. The fourth-order valence-corrected chi connectivity index (χ4v) is 2.75. The molecule has 1 unspecified atom stereocenters. The molecule has 0 radical (unpaired) electrons. The van der Waals surface area contributed by atoms with Gasteiger partial charge < -0.3 is 5.73 Å². The molecule has 0 aromatic heterocycles. The highest BCUT2D eigenvalue weighted by molar-refractivity contribution is 7.89. The van der Waals surface area contributed by atoms with Crippen LogP contribution < -0.4 is 5.73 Å². The van der Waals surface area contributed by atoms with Gasteiger partial charge in [-0.15, -0.1) is 0 Å². The number of aryl methyl sites for hydroxylation is 1. The van der Waals surface area contributed by atoms with Gasteiger partial charge in [0.15, 0.2) is 0 Å². The SMILES string of the molecule is Cc1cccc(S(=O)(=O)N(C)CCC(C)N)c1. The Morgan fingerprint density at radius 3 is 2.59 bits per heavy atom. The van der Waals surface area contributed by atoms with E-state index >= 15 is 0 Å². The molecule has 0 aliphatic carbocycles. The Kier molecular flexibility index (Phi) is 4.68. The van der Waals surface area contributed by atoms with E-state index in [1.807, 2.05) is 19.9 Å². The Hall–Kier alpha value is -0.910. The van der Waals surface area contributed by atoms with E-state index in [2.05, 4.69) is 0 Å². The molecule has 0 amide bonds. The molecule has 0 bridgehead atoms. The summed E-state index contributed by atoms with van der Waals surface area (Å²) in [5, 5.41) is 0. The first-order valence-corrected chi connectivity index (χ1v) is 7.06. The zero-order chi connectivity index (χ0) is 13.1. The number of nitrogens with two attached hydrogens (primary N) is 1. The maximum absolute atomic E-state index is 12.2. The lowest BCUT2D eigenvalue weighted by Gasteiger charge is -2.18. The van der Waals surface area contributed by atoms with Crippen LogP contribution >= 0.6 is 0 Å². The van der Waals surface area contributed by atoms with Crippen molar-refractivity contribution in [1.29, 1.82) is 0 Å². The number of hydrogen-bond acceptors (Lipinski definition) is 3. The Bertz CT molecular complexity index is 469. The second-order valence-corrected chi connectivity index (χ2v) is 6.45. The second kappa shape index (κ2) is 5.62. The molecule has 0 heterocycles. The molecule has 2 N–H and O–H groups in total. The molecule has 0 aliphatic rings. The Labute approximate surface area is 103 Å². The lowest BCUT2D eigenvalue weighted by Crippen LogP contribution is -2.31. The maximum atomic E-state index is 12.2. The largest absolute Gasteiger partial charge is 0.328 e. The minimum absolute atomic E-state index is 0.00478. The van der Waals surface area contributed by atoms with Gasteiger partial charge >= 0.3 is 0 Å². The monoisotopic (exact) mass is 256 g/mol. The van der Waals surface area contributed by atoms with Gasteiger partial charge in [0.2, 0.25) is 10.0 Å². The molecule has 17 heavy (non-hydrogen) atoms. The summed E-state index contributed by atoms with van der Waals surface area (Å²) < 4.78 is 25.7. The molecule has 96 valence electrons. The minimum atomic E-state index is -3.38. The lowest BCUT2D eigenvalue weighted by molar-refractivity contribution is 0.446.